The smallest absolute Gasteiger partial charge is 0.254 e. The van der Waals surface area contributed by atoms with Gasteiger partial charge in [-0.15, -0.1) is 11.3 Å². The second-order valence-electron chi connectivity index (χ2n) is 26.0. The second-order valence-corrected chi connectivity index (χ2v) is 27.1. The Kier molecular flexibility index (Phi) is 9.75. The Bertz CT molecular complexity index is 3080. The van der Waals surface area contributed by atoms with Gasteiger partial charge in [-0.05, 0) is 175 Å². The third kappa shape index (κ3) is 6.83. The number of fused-ring (bicyclic) bond motifs is 9. The number of rotatable bonds is 3. The number of aryl methyl sites for hydroxylation is 1. The van der Waals surface area contributed by atoms with Crippen molar-refractivity contribution in [1.82, 2.24) is 0 Å². The normalized spacial score (nSPS) is 20.9. The molecule has 0 N–H and O–H groups in total. The maximum Gasteiger partial charge on any atom is 0.254 e. The summed E-state index contributed by atoms with van der Waals surface area (Å²) in [6.07, 6.45) is 11.0. The first-order valence-electron chi connectivity index (χ1n) is 25.5. The van der Waals surface area contributed by atoms with Gasteiger partial charge in [-0.3, -0.25) is 0 Å². The molecule has 0 bridgehead atoms. The van der Waals surface area contributed by atoms with Crippen LogP contribution >= 0.6 is 11.3 Å². The van der Waals surface area contributed by atoms with Crippen LogP contribution in [-0.2, 0) is 27.1 Å². The molecule has 1 atom stereocenters. The minimum Gasteiger partial charge on any atom is -0.311 e. The van der Waals surface area contributed by atoms with Crippen LogP contribution in [0.4, 0.5) is 27.8 Å². The molecule has 0 fully saturated rings. The van der Waals surface area contributed by atoms with E-state index >= 15 is 0 Å². The molecule has 67 heavy (non-hydrogen) atoms. The first-order chi connectivity index (χ1) is 31.4. The molecule has 0 radical (unpaired) electrons. The molecule has 6 aromatic rings. The fourth-order valence-electron chi connectivity index (χ4n) is 12.9. The number of benzene rings is 5. The number of thiophene rings is 1. The molecule has 11 rings (SSSR count). The van der Waals surface area contributed by atoms with Gasteiger partial charge in [0, 0.05) is 38.7 Å². The lowest BCUT2D eigenvalue weighted by molar-refractivity contribution is 0.294. The van der Waals surface area contributed by atoms with Crippen molar-refractivity contribution in [1.29, 1.82) is 0 Å². The molecule has 0 spiro atoms. The minimum atomic E-state index is -0.0257. The van der Waals surface area contributed by atoms with Crippen molar-refractivity contribution in [2.45, 2.75) is 163 Å². The summed E-state index contributed by atoms with van der Waals surface area (Å²) >= 11 is 2.03. The predicted molar refractivity (Wildman–Crippen MR) is 294 cm³/mol. The highest BCUT2D eigenvalue weighted by atomic mass is 32.1. The van der Waals surface area contributed by atoms with Crippen LogP contribution in [0.5, 0.6) is 0 Å². The molecule has 3 aliphatic carbocycles. The Hall–Kier alpha value is -4.80. The van der Waals surface area contributed by atoms with Gasteiger partial charge in [0.1, 0.15) is 0 Å². The maximum absolute atomic E-state index is 2.81. The fourth-order valence-corrected chi connectivity index (χ4v) is 14.2. The van der Waals surface area contributed by atoms with E-state index in [0.29, 0.717) is 5.92 Å². The quantitative estimate of drug-likeness (QED) is 0.163. The van der Waals surface area contributed by atoms with Crippen LogP contribution < -0.4 is 26.2 Å². The molecule has 1 unspecified atom stereocenters. The molecule has 0 amide bonds. The average molecular weight is 901 g/mol. The van der Waals surface area contributed by atoms with Crippen molar-refractivity contribution in [2.75, 3.05) is 9.80 Å². The van der Waals surface area contributed by atoms with E-state index in [-0.39, 0.29) is 39.2 Å². The van der Waals surface area contributed by atoms with E-state index in [1.165, 1.54) is 118 Å². The predicted octanol–water partition coefficient (Wildman–Crippen LogP) is 16.0. The Balaban J connectivity index is 1.28. The highest BCUT2D eigenvalue weighted by Crippen LogP contribution is 2.56. The maximum atomic E-state index is 2.81. The highest BCUT2D eigenvalue weighted by molar-refractivity contribution is 7.26. The monoisotopic (exact) mass is 901 g/mol. The summed E-state index contributed by atoms with van der Waals surface area (Å²) < 4.78 is 1.41. The molecule has 3 heterocycles. The lowest BCUT2D eigenvalue weighted by Crippen LogP contribution is -2.62. The largest absolute Gasteiger partial charge is 0.311 e. The molecule has 5 aromatic carbocycles. The van der Waals surface area contributed by atoms with Gasteiger partial charge < -0.3 is 9.80 Å². The fraction of sp³-hybridized carbons (Fsp3) is 0.429. The topological polar surface area (TPSA) is 6.48 Å². The van der Waals surface area contributed by atoms with Crippen LogP contribution in [-0.4, -0.2) is 6.71 Å². The van der Waals surface area contributed by atoms with Crippen LogP contribution in [0.3, 0.4) is 0 Å². The van der Waals surface area contributed by atoms with Gasteiger partial charge in [-0.25, -0.2) is 0 Å². The van der Waals surface area contributed by atoms with Crippen LogP contribution in [0.1, 0.15) is 168 Å². The molecule has 0 saturated heterocycles. The Morgan fingerprint density at radius 3 is 1.85 bits per heavy atom. The lowest BCUT2D eigenvalue weighted by Gasteiger charge is -2.50. The van der Waals surface area contributed by atoms with Crippen molar-refractivity contribution < 1.29 is 0 Å². The summed E-state index contributed by atoms with van der Waals surface area (Å²) in [5.41, 5.74) is 22.9. The third-order valence-corrected chi connectivity index (χ3v) is 18.5. The minimum absolute atomic E-state index is 0.0257. The van der Waals surface area contributed by atoms with Crippen LogP contribution in [0.25, 0.3) is 15.7 Å². The van der Waals surface area contributed by atoms with Gasteiger partial charge in [-0.1, -0.05) is 164 Å². The lowest BCUT2D eigenvalue weighted by atomic mass is 9.33. The van der Waals surface area contributed by atoms with E-state index in [0.717, 1.165) is 12.8 Å². The molecule has 344 valence electrons. The van der Waals surface area contributed by atoms with Crippen molar-refractivity contribution >= 4 is 77.8 Å². The molecule has 4 heteroatoms. The van der Waals surface area contributed by atoms with Crippen LogP contribution in [0.2, 0.25) is 0 Å². The van der Waals surface area contributed by atoms with Gasteiger partial charge in [0.05, 0.1) is 5.00 Å². The van der Waals surface area contributed by atoms with E-state index in [2.05, 4.69) is 217 Å². The van der Waals surface area contributed by atoms with E-state index in [1.54, 1.807) is 5.56 Å². The summed E-state index contributed by atoms with van der Waals surface area (Å²) in [7, 11) is 0. The summed E-state index contributed by atoms with van der Waals surface area (Å²) in [6, 6.07) is 36.4. The Morgan fingerprint density at radius 1 is 0.627 bits per heavy atom. The summed E-state index contributed by atoms with van der Waals surface area (Å²) in [5, 5.41) is 2.81. The van der Waals surface area contributed by atoms with Gasteiger partial charge in [0.15, 0.2) is 0 Å². The Morgan fingerprint density at radius 2 is 1.22 bits per heavy atom. The first kappa shape index (κ1) is 44.7. The second kappa shape index (κ2) is 14.6. The molecule has 0 saturated carbocycles. The van der Waals surface area contributed by atoms with Crippen molar-refractivity contribution in [3.8, 4) is 0 Å². The molecule has 5 aliphatic rings. The Labute approximate surface area is 407 Å². The number of hydrogen-bond donors (Lipinski definition) is 0. The summed E-state index contributed by atoms with van der Waals surface area (Å²) in [6.45, 7) is 36.7. The van der Waals surface area contributed by atoms with Gasteiger partial charge in [-0.2, -0.15) is 0 Å². The number of allylic oxidation sites excluding steroid dienone is 3. The molecule has 1 aromatic heterocycles. The SMILES string of the molecule is Cc1cc2c3c(c1)N(c1ccc(C(C)(C)C)cc1)c1sc4cc5c(cc4c1B3c1ccc3c(c1N2C1=CCC(C(C)(C)C)C=C1c1ccccc1)C(C)(C)CCC3(C)C)C(C)(C)CCC5(C)C. The zero-order valence-corrected chi connectivity index (χ0v) is 44.1. The molecule has 2 nitrogen and oxygen atoms in total. The molecule has 2 aliphatic heterocycles. The first-order valence-corrected chi connectivity index (χ1v) is 26.3. The van der Waals surface area contributed by atoms with Gasteiger partial charge in [0.25, 0.3) is 6.71 Å². The van der Waals surface area contributed by atoms with E-state index < -0.39 is 0 Å². The summed E-state index contributed by atoms with van der Waals surface area (Å²) in [4.78, 5) is 5.49. The zero-order chi connectivity index (χ0) is 47.5. The van der Waals surface area contributed by atoms with Crippen LogP contribution in [0, 0.1) is 18.3 Å². The van der Waals surface area contributed by atoms with E-state index in [9.17, 15) is 0 Å². The van der Waals surface area contributed by atoms with Gasteiger partial charge >= 0.3 is 0 Å². The zero-order valence-electron chi connectivity index (χ0n) is 43.3. The third-order valence-electron chi connectivity index (χ3n) is 17.4. The van der Waals surface area contributed by atoms with Crippen molar-refractivity contribution in [3.05, 3.63) is 148 Å². The van der Waals surface area contributed by atoms with E-state index in [1.807, 2.05) is 11.3 Å². The number of anilines is 5. The van der Waals surface area contributed by atoms with E-state index in [4.69, 9.17) is 0 Å². The molecular weight excluding hydrogens is 828 g/mol. The average Bonchev–Trinajstić information content (AvgIpc) is 3.64. The van der Waals surface area contributed by atoms with Gasteiger partial charge in [0.2, 0.25) is 0 Å². The number of nitrogens with zero attached hydrogens (tertiary/aromatic N) is 2. The van der Waals surface area contributed by atoms with Crippen molar-refractivity contribution in [3.63, 3.8) is 0 Å². The molecular formula is C63H73BN2S. The standard InChI is InChI=1S/C63H73BN2S/c1-38-33-50-55-51(34-38)66(49-28-23-41(59(5,6)7)35-43(49)39-19-17-16-18-20-39)56-48(27-26-45-53(56)63(14,15)32-31-60(45,8)9)64(55)54-44-36-46-47(62(12,13)30-29-61(46,10)11)37-52(44)67-57(54)65(50)42-24-21-40(22-25-42)58(2,3)4/h16-22,24-28,33-37,41H,23,29-32H2,1-15H3. The van der Waals surface area contributed by atoms with Crippen molar-refractivity contribution in [2.24, 2.45) is 11.3 Å². The highest BCUT2D eigenvalue weighted by Gasteiger charge is 2.51. The number of hydrogen-bond acceptors (Lipinski definition) is 3. The van der Waals surface area contributed by atoms with Crippen LogP contribution in [0.15, 0.2) is 109 Å². The summed E-state index contributed by atoms with van der Waals surface area (Å²) in [5.74, 6) is 0.418.